The molecule has 0 saturated carbocycles. The predicted octanol–water partition coefficient (Wildman–Crippen LogP) is 3.69. The molecule has 21 heavy (non-hydrogen) atoms. The van der Waals surface area contributed by atoms with Gasteiger partial charge in [0.15, 0.2) is 5.82 Å². The summed E-state index contributed by atoms with van der Waals surface area (Å²) in [5.41, 5.74) is 7.01. The van der Waals surface area contributed by atoms with Gasteiger partial charge in [-0.2, -0.15) is 4.98 Å². The van der Waals surface area contributed by atoms with E-state index in [1.807, 2.05) is 12.1 Å². The molecule has 2 aromatic rings. The van der Waals surface area contributed by atoms with Crippen molar-refractivity contribution >= 4 is 11.8 Å². The third-order valence-corrected chi connectivity index (χ3v) is 5.29. The van der Waals surface area contributed by atoms with E-state index in [9.17, 15) is 0 Å². The van der Waals surface area contributed by atoms with Crippen LogP contribution in [0, 0.1) is 6.92 Å². The van der Waals surface area contributed by atoms with Gasteiger partial charge in [-0.3, -0.25) is 0 Å². The van der Waals surface area contributed by atoms with Crippen molar-refractivity contribution in [1.82, 2.24) is 10.1 Å². The zero-order valence-electron chi connectivity index (χ0n) is 12.9. The molecule has 0 radical (unpaired) electrons. The second-order valence-corrected chi connectivity index (χ2v) is 6.28. The number of hydrogen-bond acceptors (Lipinski definition) is 5. The number of hydrogen-bond donors (Lipinski definition) is 1. The Labute approximate surface area is 130 Å². The summed E-state index contributed by atoms with van der Waals surface area (Å²) in [4.78, 5) is 5.81. The molecule has 4 nitrogen and oxygen atoms in total. The molecule has 114 valence electrons. The van der Waals surface area contributed by atoms with E-state index in [-0.39, 0.29) is 5.41 Å². The van der Waals surface area contributed by atoms with Crippen molar-refractivity contribution in [3.05, 3.63) is 41.5 Å². The van der Waals surface area contributed by atoms with Gasteiger partial charge in [0, 0.05) is 11.4 Å². The van der Waals surface area contributed by atoms with E-state index in [0.29, 0.717) is 18.2 Å². The lowest BCUT2D eigenvalue weighted by Crippen LogP contribution is -2.34. The normalized spacial score (nSPS) is 11.8. The van der Waals surface area contributed by atoms with Crippen LogP contribution in [0.3, 0.4) is 0 Å². The Balaban J connectivity index is 2.08. The SMILES string of the molecule is CCC(CC)(CN)c1nc(CSc2ccccc2C)no1. The van der Waals surface area contributed by atoms with E-state index >= 15 is 0 Å². The molecule has 1 heterocycles. The summed E-state index contributed by atoms with van der Waals surface area (Å²) in [6.07, 6.45) is 1.82. The minimum absolute atomic E-state index is 0.182. The quantitative estimate of drug-likeness (QED) is 0.790. The van der Waals surface area contributed by atoms with E-state index in [4.69, 9.17) is 10.3 Å². The summed E-state index contributed by atoms with van der Waals surface area (Å²) in [6, 6.07) is 8.31. The predicted molar refractivity (Wildman–Crippen MR) is 86.4 cm³/mol. The molecule has 2 N–H and O–H groups in total. The monoisotopic (exact) mass is 305 g/mol. The maximum Gasteiger partial charge on any atom is 0.234 e. The van der Waals surface area contributed by atoms with Crippen LogP contribution in [0.15, 0.2) is 33.7 Å². The maximum atomic E-state index is 5.92. The number of rotatable bonds is 7. The topological polar surface area (TPSA) is 64.9 Å². The van der Waals surface area contributed by atoms with Gasteiger partial charge in [0.2, 0.25) is 5.89 Å². The first-order valence-corrected chi connectivity index (χ1v) is 8.35. The van der Waals surface area contributed by atoms with E-state index in [1.54, 1.807) is 11.8 Å². The van der Waals surface area contributed by atoms with Crippen LogP contribution in [0.25, 0.3) is 0 Å². The average Bonchev–Trinajstić information content (AvgIpc) is 2.98. The van der Waals surface area contributed by atoms with Gasteiger partial charge < -0.3 is 10.3 Å². The molecule has 0 amide bonds. The van der Waals surface area contributed by atoms with E-state index in [0.717, 1.165) is 18.7 Å². The third-order valence-electron chi connectivity index (χ3n) is 4.12. The number of aryl methyl sites for hydroxylation is 1. The minimum atomic E-state index is -0.182. The van der Waals surface area contributed by atoms with Gasteiger partial charge in [-0.25, -0.2) is 0 Å². The second-order valence-electron chi connectivity index (χ2n) is 5.26. The van der Waals surface area contributed by atoms with E-state index in [1.165, 1.54) is 10.5 Å². The Hall–Kier alpha value is -1.33. The maximum absolute atomic E-state index is 5.92. The van der Waals surface area contributed by atoms with Crippen LogP contribution in [0.5, 0.6) is 0 Å². The van der Waals surface area contributed by atoms with Crippen molar-refractivity contribution in [2.24, 2.45) is 5.73 Å². The Morgan fingerprint density at radius 2 is 1.95 bits per heavy atom. The van der Waals surface area contributed by atoms with Crippen LogP contribution in [0.2, 0.25) is 0 Å². The van der Waals surface area contributed by atoms with Crippen LogP contribution >= 0.6 is 11.8 Å². The number of thioether (sulfide) groups is 1. The molecule has 1 aromatic carbocycles. The molecule has 0 atom stereocenters. The summed E-state index contributed by atoms with van der Waals surface area (Å²) in [7, 11) is 0. The molecule has 5 heteroatoms. The number of nitrogens with zero attached hydrogens (tertiary/aromatic N) is 2. The molecule has 0 aliphatic heterocycles. The lowest BCUT2D eigenvalue weighted by atomic mass is 9.82. The molecular weight excluding hydrogens is 282 g/mol. The molecule has 0 unspecified atom stereocenters. The van der Waals surface area contributed by atoms with Crippen LogP contribution in [0.1, 0.15) is 44.0 Å². The smallest absolute Gasteiger partial charge is 0.234 e. The molecule has 0 fully saturated rings. The fourth-order valence-electron chi connectivity index (χ4n) is 2.32. The van der Waals surface area contributed by atoms with Crippen molar-refractivity contribution in [1.29, 1.82) is 0 Å². The zero-order chi connectivity index (χ0) is 15.3. The Kier molecular flexibility index (Phi) is 5.42. The highest BCUT2D eigenvalue weighted by atomic mass is 32.2. The van der Waals surface area contributed by atoms with Crippen molar-refractivity contribution in [3.8, 4) is 0 Å². The van der Waals surface area contributed by atoms with Crippen molar-refractivity contribution in [2.75, 3.05) is 6.54 Å². The largest absolute Gasteiger partial charge is 0.339 e. The molecular formula is C16H23N3OS. The van der Waals surface area contributed by atoms with Gasteiger partial charge >= 0.3 is 0 Å². The van der Waals surface area contributed by atoms with Gasteiger partial charge in [-0.15, -0.1) is 11.8 Å². The van der Waals surface area contributed by atoms with Crippen molar-refractivity contribution < 1.29 is 4.52 Å². The van der Waals surface area contributed by atoms with Gasteiger partial charge in [-0.1, -0.05) is 37.2 Å². The van der Waals surface area contributed by atoms with Crippen molar-refractivity contribution in [3.63, 3.8) is 0 Å². The van der Waals surface area contributed by atoms with E-state index < -0.39 is 0 Å². The molecule has 0 spiro atoms. The summed E-state index contributed by atoms with van der Waals surface area (Å²) in [5.74, 6) is 2.12. The summed E-state index contributed by atoms with van der Waals surface area (Å²) < 4.78 is 5.47. The summed E-state index contributed by atoms with van der Waals surface area (Å²) in [6.45, 7) is 6.87. The fraction of sp³-hybridized carbons (Fsp3) is 0.500. The Bertz CT molecular complexity index is 570. The highest BCUT2D eigenvalue weighted by Crippen LogP contribution is 2.30. The molecule has 1 aromatic heterocycles. The Morgan fingerprint density at radius 1 is 1.24 bits per heavy atom. The van der Waals surface area contributed by atoms with Crippen LogP contribution in [0.4, 0.5) is 0 Å². The fourth-order valence-corrected chi connectivity index (χ4v) is 3.19. The molecule has 0 saturated heterocycles. The van der Waals surface area contributed by atoms with Gasteiger partial charge in [0.1, 0.15) is 0 Å². The zero-order valence-corrected chi connectivity index (χ0v) is 13.7. The highest BCUT2D eigenvalue weighted by Gasteiger charge is 2.33. The summed E-state index contributed by atoms with van der Waals surface area (Å²) >= 11 is 1.73. The van der Waals surface area contributed by atoms with Crippen molar-refractivity contribution in [2.45, 2.75) is 49.7 Å². The highest BCUT2D eigenvalue weighted by molar-refractivity contribution is 7.98. The van der Waals surface area contributed by atoms with Crippen LogP contribution < -0.4 is 5.73 Å². The van der Waals surface area contributed by atoms with Crippen LogP contribution in [-0.4, -0.2) is 16.7 Å². The first-order valence-electron chi connectivity index (χ1n) is 7.36. The van der Waals surface area contributed by atoms with E-state index in [2.05, 4.69) is 43.0 Å². The molecule has 0 bridgehead atoms. The number of benzene rings is 1. The lowest BCUT2D eigenvalue weighted by Gasteiger charge is -2.24. The standard InChI is InChI=1S/C16H23N3OS/c1-4-16(5-2,11-17)15-18-14(19-20-15)10-21-13-9-7-6-8-12(13)3/h6-9H,4-5,10-11,17H2,1-3H3. The Morgan fingerprint density at radius 3 is 2.57 bits per heavy atom. The second kappa shape index (κ2) is 7.09. The molecule has 0 aliphatic rings. The average molecular weight is 305 g/mol. The van der Waals surface area contributed by atoms with Gasteiger partial charge in [0.05, 0.1) is 11.2 Å². The third kappa shape index (κ3) is 3.47. The lowest BCUT2D eigenvalue weighted by molar-refractivity contribution is 0.266. The first-order chi connectivity index (χ1) is 10.1. The summed E-state index contributed by atoms with van der Waals surface area (Å²) in [5, 5.41) is 4.11. The minimum Gasteiger partial charge on any atom is -0.339 e. The first kappa shape index (κ1) is 16.0. The molecule has 0 aliphatic carbocycles. The number of nitrogens with two attached hydrogens (primary N) is 1. The van der Waals surface area contributed by atoms with Gasteiger partial charge in [-0.05, 0) is 31.4 Å². The molecule has 2 rings (SSSR count). The van der Waals surface area contributed by atoms with Crippen LogP contribution in [-0.2, 0) is 11.2 Å². The van der Waals surface area contributed by atoms with Gasteiger partial charge in [0.25, 0.3) is 0 Å². The number of aromatic nitrogens is 2.